The number of imidazole rings is 2. The maximum Gasteiger partial charge on any atom is 0.273 e. The second kappa shape index (κ2) is 6.85. The number of nitrogens with zero attached hydrogens (tertiary/aromatic N) is 6. The molecule has 0 aliphatic carbocycles. The van der Waals surface area contributed by atoms with Crippen LogP contribution in [0.5, 0.6) is 0 Å². The molecule has 4 heterocycles. The number of ether oxygens (including phenoxy) is 1. The van der Waals surface area contributed by atoms with Gasteiger partial charge in [0.05, 0.1) is 30.8 Å². The third-order valence-corrected chi connectivity index (χ3v) is 4.75. The Kier molecular flexibility index (Phi) is 4.39. The molecule has 1 fully saturated rings. The summed E-state index contributed by atoms with van der Waals surface area (Å²) < 4.78 is 9.71. The number of carbonyl (C=O) groups is 1. The summed E-state index contributed by atoms with van der Waals surface area (Å²) in [5, 5.41) is 2.95. The molecule has 0 radical (unpaired) electrons. The molecule has 1 amide bonds. The fourth-order valence-corrected chi connectivity index (χ4v) is 3.39. The number of carbonyl (C=O) groups excluding carboxylic acids is 1. The average molecular weight is 355 g/mol. The highest BCUT2D eigenvalue weighted by molar-refractivity contribution is 5.97. The number of aryl methyl sites for hydroxylation is 1. The summed E-state index contributed by atoms with van der Waals surface area (Å²) in [6.07, 6.45) is 10.2. The van der Waals surface area contributed by atoms with Crippen LogP contribution in [0.3, 0.4) is 0 Å². The number of nitrogens with one attached hydrogen (secondary N) is 1. The predicted molar refractivity (Wildman–Crippen MR) is 93.6 cm³/mol. The van der Waals surface area contributed by atoms with Gasteiger partial charge in [-0.05, 0) is 7.05 Å². The molecule has 1 aliphatic heterocycles. The minimum atomic E-state index is -0.262. The SMILES string of the molecule is CN1CCO[C@@H](CNC(=O)c2nccn3ccnc23)[C@@H]1c1cncn1C. The van der Waals surface area contributed by atoms with E-state index < -0.39 is 0 Å². The van der Waals surface area contributed by atoms with E-state index >= 15 is 0 Å². The van der Waals surface area contributed by atoms with Crippen LogP contribution in [0.15, 0.2) is 37.3 Å². The summed E-state index contributed by atoms with van der Waals surface area (Å²) in [6, 6.07) is 0.0201. The van der Waals surface area contributed by atoms with Gasteiger partial charge in [0.15, 0.2) is 11.3 Å². The van der Waals surface area contributed by atoms with E-state index in [0.29, 0.717) is 24.5 Å². The molecule has 9 heteroatoms. The Morgan fingerprint density at radius 3 is 2.88 bits per heavy atom. The van der Waals surface area contributed by atoms with Gasteiger partial charge in [0, 0.05) is 51.1 Å². The zero-order chi connectivity index (χ0) is 18.1. The first-order chi connectivity index (χ1) is 12.6. The van der Waals surface area contributed by atoms with Crippen LogP contribution >= 0.6 is 0 Å². The summed E-state index contributed by atoms with van der Waals surface area (Å²) >= 11 is 0. The first kappa shape index (κ1) is 16.7. The van der Waals surface area contributed by atoms with E-state index in [-0.39, 0.29) is 18.1 Å². The van der Waals surface area contributed by atoms with E-state index in [0.717, 1.165) is 12.2 Å². The lowest BCUT2D eigenvalue weighted by Crippen LogP contribution is -2.48. The van der Waals surface area contributed by atoms with Crippen molar-refractivity contribution < 1.29 is 9.53 Å². The molecule has 1 N–H and O–H groups in total. The van der Waals surface area contributed by atoms with E-state index in [1.807, 2.05) is 17.8 Å². The Balaban J connectivity index is 1.51. The highest BCUT2D eigenvalue weighted by Gasteiger charge is 2.33. The highest BCUT2D eigenvalue weighted by Crippen LogP contribution is 2.27. The topological polar surface area (TPSA) is 89.6 Å². The van der Waals surface area contributed by atoms with Crippen LogP contribution in [0, 0.1) is 0 Å². The van der Waals surface area contributed by atoms with E-state index in [4.69, 9.17) is 4.74 Å². The van der Waals surface area contributed by atoms with Crippen molar-refractivity contribution in [1.82, 2.24) is 34.1 Å². The lowest BCUT2D eigenvalue weighted by molar-refractivity contribution is -0.0626. The van der Waals surface area contributed by atoms with Gasteiger partial charge in [-0.3, -0.25) is 9.69 Å². The lowest BCUT2D eigenvalue weighted by atomic mass is 10.0. The standard InChI is InChI=1S/C17H21N7O2/c1-22-7-8-26-13(15(22)12-9-18-11-23(12)2)10-21-17(25)14-16-20-4-6-24(16)5-3-19-14/h3-6,9,11,13,15H,7-8,10H2,1-2H3,(H,21,25)/t13-,15-/m0/s1. The number of hydrogen-bond donors (Lipinski definition) is 1. The number of hydrogen-bond acceptors (Lipinski definition) is 6. The molecule has 3 aromatic rings. The van der Waals surface area contributed by atoms with Crippen molar-refractivity contribution in [3.05, 3.63) is 48.7 Å². The summed E-state index contributed by atoms with van der Waals surface area (Å²) in [7, 11) is 4.02. The number of rotatable bonds is 4. The van der Waals surface area contributed by atoms with Gasteiger partial charge in [-0.15, -0.1) is 0 Å². The summed E-state index contributed by atoms with van der Waals surface area (Å²) in [6.45, 7) is 1.83. The Hall–Kier alpha value is -2.78. The molecule has 0 spiro atoms. The van der Waals surface area contributed by atoms with Gasteiger partial charge >= 0.3 is 0 Å². The zero-order valence-electron chi connectivity index (χ0n) is 14.7. The smallest absolute Gasteiger partial charge is 0.273 e. The van der Waals surface area contributed by atoms with Gasteiger partial charge in [-0.1, -0.05) is 0 Å². The van der Waals surface area contributed by atoms with Gasteiger partial charge in [0.1, 0.15) is 0 Å². The van der Waals surface area contributed by atoms with Crippen molar-refractivity contribution in [2.45, 2.75) is 12.1 Å². The van der Waals surface area contributed by atoms with Crippen molar-refractivity contribution >= 4 is 11.6 Å². The Morgan fingerprint density at radius 2 is 2.12 bits per heavy atom. The summed E-state index contributed by atoms with van der Waals surface area (Å²) in [5.41, 5.74) is 1.90. The first-order valence-electron chi connectivity index (χ1n) is 8.49. The van der Waals surface area contributed by atoms with Gasteiger partial charge in [-0.25, -0.2) is 15.0 Å². The second-order valence-corrected chi connectivity index (χ2v) is 6.41. The fraction of sp³-hybridized carbons (Fsp3) is 0.412. The van der Waals surface area contributed by atoms with Gasteiger partial charge in [0.25, 0.3) is 5.91 Å². The van der Waals surface area contributed by atoms with Gasteiger partial charge in [-0.2, -0.15) is 0 Å². The molecular formula is C17H21N7O2. The first-order valence-corrected chi connectivity index (χ1v) is 8.49. The molecule has 1 aliphatic rings. The minimum Gasteiger partial charge on any atom is -0.373 e. The van der Waals surface area contributed by atoms with Gasteiger partial charge in [0.2, 0.25) is 0 Å². The van der Waals surface area contributed by atoms with E-state index in [1.54, 1.807) is 35.5 Å². The maximum atomic E-state index is 12.6. The molecule has 0 bridgehead atoms. The minimum absolute atomic E-state index is 0.0201. The molecule has 0 saturated carbocycles. The molecule has 0 unspecified atom stereocenters. The van der Waals surface area contributed by atoms with E-state index in [2.05, 4.69) is 32.2 Å². The molecule has 1 saturated heterocycles. The monoisotopic (exact) mass is 355 g/mol. The summed E-state index contributed by atoms with van der Waals surface area (Å²) in [5.74, 6) is -0.262. The van der Waals surface area contributed by atoms with Crippen LogP contribution in [-0.2, 0) is 11.8 Å². The largest absolute Gasteiger partial charge is 0.373 e. The van der Waals surface area contributed by atoms with Crippen molar-refractivity contribution in [2.24, 2.45) is 7.05 Å². The van der Waals surface area contributed by atoms with Crippen LogP contribution in [0.1, 0.15) is 22.2 Å². The zero-order valence-corrected chi connectivity index (χ0v) is 14.7. The van der Waals surface area contributed by atoms with E-state index in [1.165, 1.54) is 0 Å². The van der Waals surface area contributed by atoms with Crippen LogP contribution < -0.4 is 5.32 Å². The van der Waals surface area contributed by atoms with Crippen molar-refractivity contribution in [3.63, 3.8) is 0 Å². The van der Waals surface area contributed by atoms with Crippen molar-refractivity contribution in [3.8, 4) is 0 Å². The van der Waals surface area contributed by atoms with Crippen LogP contribution in [0.25, 0.3) is 5.65 Å². The van der Waals surface area contributed by atoms with Crippen LogP contribution in [0.2, 0.25) is 0 Å². The highest BCUT2D eigenvalue weighted by atomic mass is 16.5. The molecule has 9 nitrogen and oxygen atoms in total. The van der Waals surface area contributed by atoms with Crippen molar-refractivity contribution in [2.75, 3.05) is 26.7 Å². The molecule has 3 aromatic heterocycles. The molecule has 0 aromatic carbocycles. The second-order valence-electron chi connectivity index (χ2n) is 6.41. The normalized spacial score (nSPS) is 21.2. The number of likely N-dealkylation sites (N-methyl/N-ethyl adjacent to an activating group) is 1. The fourth-order valence-electron chi connectivity index (χ4n) is 3.39. The number of morpholine rings is 1. The predicted octanol–water partition coefficient (Wildman–Crippen LogP) is 0.265. The third-order valence-electron chi connectivity index (χ3n) is 4.75. The summed E-state index contributed by atoms with van der Waals surface area (Å²) in [4.78, 5) is 27.4. The molecule has 2 atom stereocenters. The number of amides is 1. The molecule has 4 rings (SSSR count). The number of aromatic nitrogens is 5. The molecule has 26 heavy (non-hydrogen) atoms. The Bertz CT molecular complexity index is 919. The average Bonchev–Trinajstić information content (AvgIpc) is 3.28. The van der Waals surface area contributed by atoms with Gasteiger partial charge < -0.3 is 19.0 Å². The van der Waals surface area contributed by atoms with E-state index in [9.17, 15) is 4.79 Å². The molecule has 136 valence electrons. The molecular weight excluding hydrogens is 334 g/mol. The Morgan fingerprint density at radius 1 is 1.31 bits per heavy atom. The van der Waals surface area contributed by atoms with Crippen LogP contribution in [0.4, 0.5) is 0 Å². The maximum absolute atomic E-state index is 12.6. The lowest BCUT2D eigenvalue weighted by Gasteiger charge is -2.39. The number of fused-ring (bicyclic) bond motifs is 1. The van der Waals surface area contributed by atoms with Crippen molar-refractivity contribution in [1.29, 1.82) is 0 Å². The quantitative estimate of drug-likeness (QED) is 0.722. The van der Waals surface area contributed by atoms with Crippen LogP contribution in [-0.4, -0.2) is 67.6 Å². The Labute approximate surface area is 150 Å². The third kappa shape index (κ3) is 2.95.